The SMILES string of the molecule is Cc1cc(CN2CCN(C(=O)OC(C)(C)C)CC2)c(C)c(Nc2nnc(C3CC(O)C3)o2)c1. The fourth-order valence-corrected chi connectivity index (χ4v) is 4.24. The highest BCUT2D eigenvalue weighted by molar-refractivity contribution is 5.68. The van der Waals surface area contributed by atoms with E-state index in [4.69, 9.17) is 9.15 Å². The molecule has 0 atom stereocenters. The lowest BCUT2D eigenvalue weighted by Crippen LogP contribution is -2.49. The summed E-state index contributed by atoms with van der Waals surface area (Å²) >= 11 is 0. The Morgan fingerprint density at radius 1 is 1.18 bits per heavy atom. The number of ether oxygens (including phenoxy) is 1. The summed E-state index contributed by atoms with van der Waals surface area (Å²) in [7, 11) is 0. The monoisotopic (exact) mass is 457 g/mol. The topological polar surface area (TPSA) is 104 Å². The van der Waals surface area contributed by atoms with Crippen LogP contribution in [-0.2, 0) is 11.3 Å². The van der Waals surface area contributed by atoms with E-state index in [1.807, 2.05) is 20.8 Å². The fraction of sp³-hybridized carbons (Fsp3) is 0.625. The zero-order chi connectivity index (χ0) is 23.8. The minimum absolute atomic E-state index is 0.150. The number of hydrogen-bond donors (Lipinski definition) is 2. The molecular formula is C24H35N5O4. The Morgan fingerprint density at radius 3 is 2.52 bits per heavy atom. The van der Waals surface area contributed by atoms with Gasteiger partial charge in [-0.3, -0.25) is 4.90 Å². The van der Waals surface area contributed by atoms with Crippen LogP contribution in [-0.4, -0.2) is 69.1 Å². The second-order valence-electron chi connectivity index (χ2n) is 10.2. The van der Waals surface area contributed by atoms with Crippen molar-refractivity contribution in [1.82, 2.24) is 20.0 Å². The summed E-state index contributed by atoms with van der Waals surface area (Å²) in [6.45, 7) is 13.6. The van der Waals surface area contributed by atoms with Crippen LogP contribution in [0.2, 0.25) is 0 Å². The maximum atomic E-state index is 12.3. The Kier molecular flexibility index (Phi) is 6.63. The van der Waals surface area contributed by atoms with Crippen LogP contribution in [0.4, 0.5) is 16.5 Å². The van der Waals surface area contributed by atoms with Crippen LogP contribution in [0.5, 0.6) is 0 Å². The van der Waals surface area contributed by atoms with Crippen LogP contribution < -0.4 is 5.32 Å². The average molecular weight is 458 g/mol. The molecule has 1 aliphatic heterocycles. The predicted octanol–water partition coefficient (Wildman–Crippen LogP) is 3.72. The number of benzene rings is 1. The molecule has 0 spiro atoms. The molecule has 9 heteroatoms. The fourth-order valence-electron chi connectivity index (χ4n) is 4.24. The van der Waals surface area contributed by atoms with Gasteiger partial charge in [0.25, 0.3) is 0 Å². The minimum Gasteiger partial charge on any atom is -0.444 e. The van der Waals surface area contributed by atoms with Crippen molar-refractivity contribution in [3.8, 4) is 0 Å². The van der Waals surface area contributed by atoms with E-state index in [1.165, 1.54) is 5.56 Å². The van der Waals surface area contributed by atoms with Crippen molar-refractivity contribution >= 4 is 17.8 Å². The number of nitrogens with zero attached hydrogens (tertiary/aromatic N) is 4. The van der Waals surface area contributed by atoms with Gasteiger partial charge in [0.15, 0.2) is 0 Å². The summed E-state index contributed by atoms with van der Waals surface area (Å²) in [5.41, 5.74) is 3.97. The van der Waals surface area contributed by atoms with Gasteiger partial charge in [0.05, 0.1) is 6.10 Å². The number of rotatable bonds is 5. The van der Waals surface area contributed by atoms with Gasteiger partial charge in [0.2, 0.25) is 5.89 Å². The Balaban J connectivity index is 1.37. The molecule has 4 rings (SSSR count). The van der Waals surface area contributed by atoms with E-state index >= 15 is 0 Å². The Labute approximate surface area is 195 Å². The first-order chi connectivity index (χ1) is 15.6. The molecule has 180 valence electrons. The molecule has 1 aliphatic carbocycles. The lowest BCUT2D eigenvalue weighted by molar-refractivity contribution is 0.0139. The van der Waals surface area contributed by atoms with Gasteiger partial charge < -0.3 is 24.5 Å². The molecule has 2 fully saturated rings. The van der Waals surface area contributed by atoms with Crippen molar-refractivity contribution in [1.29, 1.82) is 0 Å². The van der Waals surface area contributed by atoms with E-state index in [1.54, 1.807) is 4.90 Å². The van der Waals surface area contributed by atoms with Crippen molar-refractivity contribution in [3.63, 3.8) is 0 Å². The molecule has 0 unspecified atom stereocenters. The lowest BCUT2D eigenvalue weighted by atomic mass is 9.82. The van der Waals surface area contributed by atoms with Gasteiger partial charge in [0, 0.05) is 44.3 Å². The van der Waals surface area contributed by atoms with Crippen LogP contribution in [0.3, 0.4) is 0 Å². The van der Waals surface area contributed by atoms with Crippen LogP contribution in [0.25, 0.3) is 0 Å². The van der Waals surface area contributed by atoms with Crippen LogP contribution in [0, 0.1) is 13.8 Å². The molecule has 1 aromatic carbocycles. The minimum atomic E-state index is -0.478. The number of anilines is 2. The highest BCUT2D eigenvalue weighted by Crippen LogP contribution is 2.37. The Morgan fingerprint density at radius 2 is 1.88 bits per heavy atom. The summed E-state index contributed by atoms with van der Waals surface area (Å²) < 4.78 is 11.3. The third-order valence-corrected chi connectivity index (χ3v) is 6.22. The Hall–Kier alpha value is -2.65. The van der Waals surface area contributed by atoms with E-state index in [-0.39, 0.29) is 18.1 Å². The van der Waals surface area contributed by atoms with Crippen LogP contribution >= 0.6 is 0 Å². The molecule has 0 radical (unpaired) electrons. The van der Waals surface area contributed by atoms with Gasteiger partial charge >= 0.3 is 12.1 Å². The van der Waals surface area contributed by atoms with E-state index in [0.29, 0.717) is 37.8 Å². The average Bonchev–Trinajstić information content (AvgIpc) is 3.16. The molecule has 0 bridgehead atoms. The number of aromatic nitrogens is 2. The van der Waals surface area contributed by atoms with Gasteiger partial charge in [-0.25, -0.2) is 4.79 Å². The zero-order valence-electron chi connectivity index (χ0n) is 20.2. The van der Waals surface area contributed by atoms with Gasteiger partial charge in [-0.05, 0) is 70.2 Å². The van der Waals surface area contributed by atoms with Crippen molar-refractivity contribution in [2.75, 3.05) is 31.5 Å². The van der Waals surface area contributed by atoms with Crippen LogP contribution in [0.15, 0.2) is 16.5 Å². The number of hydrogen-bond acceptors (Lipinski definition) is 8. The number of carbonyl (C=O) groups excluding carboxylic acids is 1. The second-order valence-corrected chi connectivity index (χ2v) is 10.2. The number of nitrogens with one attached hydrogen (secondary N) is 1. The number of amides is 1. The zero-order valence-corrected chi connectivity index (χ0v) is 20.2. The van der Waals surface area contributed by atoms with E-state index in [9.17, 15) is 9.90 Å². The number of piperazine rings is 1. The maximum absolute atomic E-state index is 12.3. The first kappa shape index (κ1) is 23.5. The quantitative estimate of drug-likeness (QED) is 0.700. The van der Waals surface area contributed by atoms with Crippen molar-refractivity contribution in [2.45, 2.75) is 71.6 Å². The number of aliphatic hydroxyl groups is 1. The van der Waals surface area contributed by atoms with Crippen LogP contribution in [0.1, 0.15) is 62.1 Å². The smallest absolute Gasteiger partial charge is 0.410 e. The molecule has 2 aromatic rings. The standard InChI is InChI=1S/C24H35N5O4/c1-15-10-18(14-28-6-8-29(9-7-28)23(31)33-24(3,4)5)16(2)20(11-15)25-22-27-26-21(32-22)17-12-19(30)13-17/h10-11,17,19,30H,6-9,12-14H2,1-5H3,(H,25,27). The summed E-state index contributed by atoms with van der Waals surface area (Å²) in [4.78, 5) is 16.5. The summed E-state index contributed by atoms with van der Waals surface area (Å²) in [5.74, 6) is 0.729. The third-order valence-electron chi connectivity index (χ3n) is 6.22. The summed E-state index contributed by atoms with van der Waals surface area (Å²) in [5, 5.41) is 21.1. The Bertz CT molecular complexity index is 985. The van der Waals surface area contributed by atoms with Crippen molar-refractivity contribution < 1.29 is 19.1 Å². The molecule has 33 heavy (non-hydrogen) atoms. The molecule has 9 nitrogen and oxygen atoms in total. The normalized spacial score (nSPS) is 21.6. The summed E-state index contributed by atoms with van der Waals surface area (Å²) in [6.07, 6.45) is 0.856. The van der Waals surface area contributed by atoms with Gasteiger partial charge in [-0.15, -0.1) is 5.10 Å². The second kappa shape index (κ2) is 9.30. The third kappa shape index (κ3) is 5.83. The molecule has 2 N–H and O–H groups in total. The molecule has 2 aliphatic rings. The molecule has 1 amide bonds. The predicted molar refractivity (Wildman–Crippen MR) is 125 cm³/mol. The number of carbonyl (C=O) groups is 1. The van der Waals surface area contributed by atoms with E-state index in [2.05, 4.69) is 46.4 Å². The molecule has 2 heterocycles. The van der Waals surface area contributed by atoms with E-state index in [0.717, 1.165) is 36.4 Å². The number of aryl methyl sites for hydroxylation is 1. The lowest BCUT2D eigenvalue weighted by Gasteiger charge is -2.36. The highest BCUT2D eigenvalue weighted by Gasteiger charge is 2.33. The van der Waals surface area contributed by atoms with Gasteiger partial charge in [-0.2, -0.15) is 0 Å². The molecule has 1 saturated heterocycles. The molecular weight excluding hydrogens is 422 g/mol. The first-order valence-corrected chi connectivity index (χ1v) is 11.7. The van der Waals surface area contributed by atoms with Gasteiger partial charge in [0.1, 0.15) is 5.60 Å². The van der Waals surface area contributed by atoms with Crippen molar-refractivity contribution in [2.24, 2.45) is 0 Å². The molecule has 1 aromatic heterocycles. The van der Waals surface area contributed by atoms with E-state index < -0.39 is 5.60 Å². The summed E-state index contributed by atoms with van der Waals surface area (Å²) in [6, 6.07) is 4.66. The molecule has 1 saturated carbocycles. The first-order valence-electron chi connectivity index (χ1n) is 11.7. The number of aliphatic hydroxyl groups excluding tert-OH is 1. The van der Waals surface area contributed by atoms with Crippen molar-refractivity contribution in [3.05, 3.63) is 34.7 Å². The highest BCUT2D eigenvalue weighted by atomic mass is 16.6. The maximum Gasteiger partial charge on any atom is 0.410 e. The largest absolute Gasteiger partial charge is 0.444 e. The van der Waals surface area contributed by atoms with Gasteiger partial charge in [-0.1, -0.05) is 11.2 Å².